The van der Waals surface area contributed by atoms with Gasteiger partial charge in [0.25, 0.3) is 0 Å². The van der Waals surface area contributed by atoms with E-state index in [9.17, 15) is 9.90 Å². The molecule has 5 nitrogen and oxygen atoms in total. The van der Waals surface area contributed by atoms with Gasteiger partial charge in [-0.05, 0) is 49.4 Å². The molecule has 2 atom stereocenters. The number of rotatable bonds is 5. The number of urea groups is 1. The summed E-state index contributed by atoms with van der Waals surface area (Å²) in [7, 11) is 2.04. The summed E-state index contributed by atoms with van der Waals surface area (Å²) in [4.78, 5) is 14.5. The molecule has 25 heavy (non-hydrogen) atoms. The van der Waals surface area contributed by atoms with E-state index < -0.39 is 0 Å². The summed E-state index contributed by atoms with van der Waals surface area (Å²) in [5.41, 5.74) is 3.55. The average molecular weight is 341 g/mol. The SMILES string of the molecule is CC(CCc1cccn1C)NC(=O)N1CCc2ccccc2C1CO. The Morgan fingerprint density at radius 2 is 2.12 bits per heavy atom. The smallest absolute Gasteiger partial charge is 0.318 e. The minimum Gasteiger partial charge on any atom is -0.394 e. The number of nitrogens with one attached hydrogen (secondary N) is 1. The number of hydrogen-bond acceptors (Lipinski definition) is 2. The highest BCUT2D eigenvalue weighted by Crippen LogP contribution is 2.29. The Balaban J connectivity index is 1.60. The second kappa shape index (κ2) is 7.74. The Labute approximate surface area is 149 Å². The summed E-state index contributed by atoms with van der Waals surface area (Å²) in [6.07, 6.45) is 4.68. The summed E-state index contributed by atoms with van der Waals surface area (Å²) in [6.45, 7) is 2.62. The van der Waals surface area contributed by atoms with Gasteiger partial charge in [-0.25, -0.2) is 4.79 Å². The van der Waals surface area contributed by atoms with Crippen LogP contribution in [0, 0.1) is 0 Å². The van der Waals surface area contributed by atoms with Gasteiger partial charge in [0, 0.05) is 31.5 Å². The zero-order valence-corrected chi connectivity index (χ0v) is 15.0. The van der Waals surface area contributed by atoms with Crippen LogP contribution in [-0.2, 0) is 19.9 Å². The number of carbonyl (C=O) groups excluding carboxylic acids is 1. The zero-order valence-electron chi connectivity index (χ0n) is 15.0. The fourth-order valence-corrected chi connectivity index (χ4v) is 3.58. The van der Waals surface area contributed by atoms with Gasteiger partial charge in [-0.1, -0.05) is 24.3 Å². The Bertz CT molecular complexity index is 725. The number of hydrogen-bond donors (Lipinski definition) is 2. The molecule has 3 rings (SSSR count). The Hall–Kier alpha value is -2.27. The molecule has 2 unspecified atom stereocenters. The summed E-state index contributed by atoms with van der Waals surface area (Å²) in [5.74, 6) is 0. The lowest BCUT2D eigenvalue weighted by molar-refractivity contribution is 0.125. The third kappa shape index (κ3) is 3.87. The molecule has 0 bridgehead atoms. The maximum Gasteiger partial charge on any atom is 0.318 e. The van der Waals surface area contributed by atoms with Crippen molar-refractivity contribution in [3.63, 3.8) is 0 Å². The minimum absolute atomic E-state index is 0.0534. The number of carbonyl (C=O) groups is 1. The van der Waals surface area contributed by atoms with Crippen molar-refractivity contribution < 1.29 is 9.90 Å². The molecule has 2 amide bonds. The van der Waals surface area contributed by atoms with Gasteiger partial charge in [0.1, 0.15) is 0 Å². The number of nitrogens with zero attached hydrogens (tertiary/aromatic N) is 2. The Morgan fingerprint density at radius 1 is 1.32 bits per heavy atom. The van der Waals surface area contributed by atoms with Gasteiger partial charge >= 0.3 is 6.03 Å². The molecule has 1 aliphatic heterocycles. The fourth-order valence-electron chi connectivity index (χ4n) is 3.58. The summed E-state index contributed by atoms with van der Waals surface area (Å²) in [6, 6.07) is 11.9. The van der Waals surface area contributed by atoms with Crippen LogP contribution in [0.4, 0.5) is 4.79 Å². The monoisotopic (exact) mass is 341 g/mol. The second-order valence-electron chi connectivity index (χ2n) is 6.84. The van der Waals surface area contributed by atoms with Gasteiger partial charge < -0.3 is 19.9 Å². The van der Waals surface area contributed by atoms with Crippen LogP contribution in [0.25, 0.3) is 0 Å². The van der Waals surface area contributed by atoms with E-state index in [1.807, 2.05) is 44.4 Å². The normalized spacial score (nSPS) is 17.9. The highest BCUT2D eigenvalue weighted by atomic mass is 16.3. The Kier molecular flexibility index (Phi) is 5.43. The molecule has 5 heteroatoms. The van der Waals surface area contributed by atoms with Crippen molar-refractivity contribution in [3.05, 3.63) is 59.4 Å². The van der Waals surface area contributed by atoms with E-state index in [-0.39, 0.29) is 24.7 Å². The highest BCUT2D eigenvalue weighted by Gasteiger charge is 2.30. The third-order valence-corrected chi connectivity index (χ3v) is 5.10. The lowest BCUT2D eigenvalue weighted by Crippen LogP contribution is -2.49. The fraction of sp³-hybridized carbons (Fsp3) is 0.450. The van der Waals surface area contributed by atoms with Crippen molar-refractivity contribution in [2.24, 2.45) is 7.05 Å². The standard InChI is InChI=1S/C20H27N3O2/c1-15(9-10-17-7-5-12-22(17)2)21-20(25)23-13-11-16-6-3-4-8-18(16)19(23)14-24/h3-8,12,15,19,24H,9-11,13-14H2,1-2H3,(H,21,25). The molecular weight excluding hydrogens is 314 g/mol. The van der Waals surface area contributed by atoms with Crippen molar-refractivity contribution in [3.8, 4) is 0 Å². The zero-order chi connectivity index (χ0) is 17.8. The van der Waals surface area contributed by atoms with Gasteiger partial charge in [-0.15, -0.1) is 0 Å². The summed E-state index contributed by atoms with van der Waals surface area (Å²) in [5, 5.41) is 12.9. The molecule has 0 fully saturated rings. The van der Waals surface area contributed by atoms with Gasteiger partial charge in [-0.3, -0.25) is 0 Å². The average Bonchev–Trinajstić information content (AvgIpc) is 3.03. The number of fused-ring (bicyclic) bond motifs is 1. The largest absolute Gasteiger partial charge is 0.394 e. The molecule has 1 aromatic carbocycles. The van der Waals surface area contributed by atoms with Crippen LogP contribution in [0.15, 0.2) is 42.6 Å². The predicted molar refractivity (Wildman–Crippen MR) is 98.4 cm³/mol. The highest BCUT2D eigenvalue weighted by molar-refractivity contribution is 5.75. The van der Waals surface area contributed by atoms with Gasteiger partial charge in [0.15, 0.2) is 0 Å². The van der Waals surface area contributed by atoms with Crippen LogP contribution < -0.4 is 5.32 Å². The van der Waals surface area contributed by atoms with Crippen LogP contribution in [0.1, 0.15) is 36.2 Å². The van der Waals surface area contributed by atoms with E-state index in [4.69, 9.17) is 0 Å². The molecule has 2 heterocycles. The number of aliphatic hydroxyl groups is 1. The van der Waals surface area contributed by atoms with Gasteiger partial charge in [0.05, 0.1) is 12.6 Å². The van der Waals surface area contributed by atoms with Crippen LogP contribution >= 0.6 is 0 Å². The molecule has 0 saturated carbocycles. The first kappa shape index (κ1) is 17.5. The molecular formula is C20H27N3O2. The minimum atomic E-state index is -0.259. The first-order chi connectivity index (χ1) is 12.1. The van der Waals surface area contributed by atoms with Gasteiger partial charge in [0.2, 0.25) is 0 Å². The van der Waals surface area contributed by atoms with Crippen LogP contribution in [-0.4, -0.2) is 39.8 Å². The third-order valence-electron chi connectivity index (χ3n) is 5.10. The number of aryl methyl sites for hydroxylation is 2. The van der Waals surface area contributed by atoms with E-state index in [1.165, 1.54) is 11.3 Å². The lowest BCUT2D eigenvalue weighted by atomic mass is 9.93. The first-order valence-corrected chi connectivity index (χ1v) is 8.96. The van der Waals surface area contributed by atoms with Crippen molar-refractivity contribution >= 4 is 6.03 Å². The molecule has 1 aromatic heterocycles. The number of amides is 2. The van der Waals surface area contributed by atoms with E-state index >= 15 is 0 Å². The molecule has 134 valence electrons. The molecule has 0 saturated heterocycles. The summed E-state index contributed by atoms with van der Waals surface area (Å²) < 4.78 is 2.11. The van der Waals surface area contributed by atoms with E-state index in [0.29, 0.717) is 6.54 Å². The van der Waals surface area contributed by atoms with Gasteiger partial charge in [-0.2, -0.15) is 0 Å². The molecule has 1 aliphatic rings. The molecule has 0 aliphatic carbocycles. The maximum absolute atomic E-state index is 12.7. The second-order valence-corrected chi connectivity index (χ2v) is 6.84. The van der Waals surface area contributed by atoms with Crippen molar-refractivity contribution in [2.75, 3.05) is 13.2 Å². The maximum atomic E-state index is 12.7. The van der Waals surface area contributed by atoms with Crippen LogP contribution in [0.2, 0.25) is 0 Å². The first-order valence-electron chi connectivity index (χ1n) is 8.96. The molecule has 2 N–H and O–H groups in total. The Morgan fingerprint density at radius 3 is 2.84 bits per heavy atom. The molecule has 2 aromatic rings. The van der Waals surface area contributed by atoms with E-state index in [0.717, 1.165) is 24.8 Å². The number of benzene rings is 1. The number of aromatic nitrogens is 1. The number of aliphatic hydroxyl groups excluding tert-OH is 1. The van der Waals surface area contributed by atoms with E-state index in [1.54, 1.807) is 4.90 Å². The predicted octanol–water partition coefficient (Wildman–Crippen LogP) is 2.65. The van der Waals surface area contributed by atoms with E-state index in [2.05, 4.69) is 22.0 Å². The van der Waals surface area contributed by atoms with Crippen LogP contribution in [0.5, 0.6) is 0 Å². The topological polar surface area (TPSA) is 57.5 Å². The molecule has 0 radical (unpaired) electrons. The lowest BCUT2D eigenvalue weighted by Gasteiger charge is -2.37. The van der Waals surface area contributed by atoms with Crippen molar-refractivity contribution in [1.29, 1.82) is 0 Å². The quantitative estimate of drug-likeness (QED) is 0.878. The van der Waals surface area contributed by atoms with Crippen LogP contribution in [0.3, 0.4) is 0 Å². The molecule has 0 spiro atoms. The summed E-state index contributed by atoms with van der Waals surface area (Å²) >= 11 is 0. The van der Waals surface area contributed by atoms with Crippen molar-refractivity contribution in [2.45, 2.75) is 38.3 Å². The van der Waals surface area contributed by atoms with Crippen molar-refractivity contribution in [1.82, 2.24) is 14.8 Å².